The van der Waals surface area contributed by atoms with Crippen molar-refractivity contribution in [2.24, 2.45) is 0 Å². The molecule has 16 heavy (non-hydrogen) atoms. The SMILES string of the molecule is O=S(=O)(Nc1nccnn1)N1CCNCC1. The summed E-state index contributed by atoms with van der Waals surface area (Å²) in [6, 6.07) is 0. The zero-order valence-electron chi connectivity index (χ0n) is 8.50. The topological polar surface area (TPSA) is 100 Å². The molecule has 2 rings (SSSR count). The van der Waals surface area contributed by atoms with Crippen molar-refractivity contribution in [2.75, 3.05) is 30.9 Å². The number of nitrogens with zero attached hydrogens (tertiary/aromatic N) is 4. The molecule has 1 fully saturated rings. The maximum Gasteiger partial charge on any atom is 0.304 e. The summed E-state index contributed by atoms with van der Waals surface area (Å²) in [5.41, 5.74) is 0. The molecular formula is C7H12N6O2S. The Balaban J connectivity index is 2.08. The lowest BCUT2D eigenvalue weighted by Crippen LogP contribution is -2.48. The number of hydrogen-bond acceptors (Lipinski definition) is 6. The van der Waals surface area contributed by atoms with Crippen LogP contribution in [0.5, 0.6) is 0 Å². The van der Waals surface area contributed by atoms with E-state index in [1.54, 1.807) is 0 Å². The summed E-state index contributed by atoms with van der Waals surface area (Å²) in [6.07, 6.45) is 2.76. The summed E-state index contributed by atoms with van der Waals surface area (Å²) < 4.78 is 27.3. The summed E-state index contributed by atoms with van der Waals surface area (Å²) in [4.78, 5) is 3.75. The van der Waals surface area contributed by atoms with Crippen LogP contribution in [0.25, 0.3) is 0 Å². The number of piperazine rings is 1. The van der Waals surface area contributed by atoms with Crippen molar-refractivity contribution in [1.82, 2.24) is 24.8 Å². The van der Waals surface area contributed by atoms with E-state index in [4.69, 9.17) is 0 Å². The van der Waals surface area contributed by atoms with Gasteiger partial charge in [0.15, 0.2) is 0 Å². The first-order chi connectivity index (χ1) is 7.68. The van der Waals surface area contributed by atoms with Crippen LogP contribution in [0, 0.1) is 0 Å². The Hall–Kier alpha value is -1.32. The van der Waals surface area contributed by atoms with Gasteiger partial charge in [-0.05, 0) is 0 Å². The molecule has 1 saturated heterocycles. The van der Waals surface area contributed by atoms with Gasteiger partial charge in [0.05, 0.1) is 12.4 Å². The quantitative estimate of drug-likeness (QED) is 0.666. The second-order valence-corrected chi connectivity index (χ2v) is 4.89. The maximum atomic E-state index is 11.8. The molecule has 9 heteroatoms. The van der Waals surface area contributed by atoms with Crippen molar-refractivity contribution in [3.05, 3.63) is 12.4 Å². The minimum atomic E-state index is -3.56. The first-order valence-corrected chi connectivity index (χ1v) is 6.25. The number of rotatable bonds is 3. The van der Waals surface area contributed by atoms with Gasteiger partial charge in [-0.3, -0.25) is 0 Å². The molecule has 1 aromatic heterocycles. The lowest BCUT2D eigenvalue weighted by Gasteiger charge is -2.26. The molecule has 0 amide bonds. The van der Waals surface area contributed by atoms with Crippen LogP contribution in [-0.4, -0.2) is 54.1 Å². The van der Waals surface area contributed by atoms with Gasteiger partial charge in [-0.1, -0.05) is 0 Å². The molecule has 0 saturated carbocycles. The van der Waals surface area contributed by atoms with Crippen LogP contribution in [-0.2, 0) is 10.2 Å². The highest BCUT2D eigenvalue weighted by molar-refractivity contribution is 7.90. The molecule has 0 spiro atoms. The molecule has 1 aliphatic rings. The van der Waals surface area contributed by atoms with Gasteiger partial charge in [0.1, 0.15) is 0 Å². The average Bonchev–Trinajstić information content (AvgIpc) is 2.31. The molecule has 0 radical (unpaired) electrons. The second kappa shape index (κ2) is 4.68. The summed E-state index contributed by atoms with van der Waals surface area (Å²) in [5, 5.41) is 10.2. The van der Waals surface area contributed by atoms with E-state index < -0.39 is 10.2 Å². The van der Waals surface area contributed by atoms with Gasteiger partial charge >= 0.3 is 10.2 Å². The van der Waals surface area contributed by atoms with Gasteiger partial charge in [-0.15, -0.1) is 5.10 Å². The van der Waals surface area contributed by atoms with Crippen LogP contribution in [0.2, 0.25) is 0 Å². The Morgan fingerprint density at radius 2 is 2.06 bits per heavy atom. The predicted molar refractivity (Wildman–Crippen MR) is 56.8 cm³/mol. The molecule has 0 atom stereocenters. The number of hydrogen-bond donors (Lipinski definition) is 2. The van der Waals surface area contributed by atoms with E-state index in [0.717, 1.165) is 0 Å². The van der Waals surface area contributed by atoms with E-state index in [2.05, 4.69) is 25.2 Å². The van der Waals surface area contributed by atoms with E-state index in [0.29, 0.717) is 26.2 Å². The third-order valence-electron chi connectivity index (χ3n) is 2.12. The van der Waals surface area contributed by atoms with Crippen molar-refractivity contribution < 1.29 is 8.42 Å². The Bertz CT molecular complexity index is 429. The molecule has 1 aromatic rings. The zero-order valence-corrected chi connectivity index (χ0v) is 9.31. The van der Waals surface area contributed by atoms with Gasteiger partial charge < -0.3 is 5.32 Å². The fraction of sp³-hybridized carbons (Fsp3) is 0.571. The summed E-state index contributed by atoms with van der Waals surface area (Å²) in [6.45, 7) is 2.18. The summed E-state index contributed by atoms with van der Waals surface area (Å²) in [5.74, 6) is -0.0129. The molecule has 1 aliphatic heterocycles. The van der Waals surface area contributed by atoms with E-state index in [1.807, 2.05) is 0 Å². The van der Waals surface area contributed by atoms with Crippen LogP contribution >= 0.6 is 0 Å². The first kappa shape index (κ1) is 11.2. The van der Waals surface area contributed by atoms with Crippen molar-refractivity contribution in [2.45, 2.75) is 0 Å². The fourth-order valence-corrected chi connectivity index (χ4v) is 2.48. The standard InChI is InChI=1S/C7H12N6O2S/c14-16(15,13-5-3-8-4-6-13)12-7-9-1-2-10-11-7/h1-2,8H,3-6H2,(H,9,11,12). The summed E-state index contributed by atoms with van der Waals surface area (Å²) >= 11 is 0. The first-order valence-electron chi connectivity index (χ1n) is 4.81. The third kappa shape index (κ3) is 2.62. The highest BCUT2D eigenvalue weighted by Gasteiger charge is 2.24. The van der Waals surface area contributed by atoms with Gasteiger partial charge in [0.25, 0.3) is 5.95 Å². The van der Waals surface area contributed by atoms with Crippen molar-refractivity contribution >= 4 is 16.2 Å². The minimum absolute atomic E-state index is 0.0129. The van der Waals surface area contributed by atoms with Gasteiger partial charge in [-0.25, -0.2) is 9.71 Å². The summed E-state index contributed by atoms with van der Waals surface area (Å²) in [7, 11) is -3.56. The fourth-order valence-electron chi connectivity index (χ4n) is 1.36. The Kier molecular flexibility index (Phi) is 3.27. The van der Waals surface area contributed by atoms with Crippen LogP contribution in [0.3, 0.4) is 0 Å². The molecule has 88 valence electrons. The van der Waals surface area contributed by atoms with Crippen LogP contribution in [0.1, 0.15) is 0 Å². The van der Waals surface area contributed by atoms with E-state index in [-0.39, 0.29) is 5.95 Å². The van der Waals surface area contributed by atoms with Crippen LogP contribution < -0.4 is 10.0 Å². The maximum absolute atomic E-state index is 11.8. The smallest absolute Gasteiger partial charge is 0.304 e. The molecule has 0 unspecified atom stereocenters. The lowest BCUT2D eigenvalue weighted by atomic mass is 10.4. The Labute approximate surface area is 93.3 Å². The van der Waals surface area contributed by atoms with Crippen LogP contribution in [0.15, 0.2) is 12.4 Å². The highest BCUT2D eigenvalue weighted by Crippen LogP contribution is 2.05. The average molecular weight is 244 g/mol. The molecule has 2 N–H and O–H groups in total. The van der Waals surface area contributed by atoms with E-state index >= 15 is 0 Å². The second-order valence-electron chi connectivity index (χ2n) is 3.22. The van der Waals surface area contributed by atoms with Crippen molar-refractivity contribution in [3.8, 4) is 0 Å². The predicted octanol–water partition coefficient (Wildman–Crippen LogP) is -1.57. The zero-order chi connectivity index (χ0) is 11.4. The Morgan fingerprint density at radius 3 is 2.69 bits per heavy atom. The van der Waals surface area contributed by atoms with Gasteiger partial charge in [0.2, 0.25) is 0 Å². The monoisotopic (exact) mass is 244 g/mol. The molecule has 2 heterocycles. The number of aromatic nitrogens is 3. The Morgan fingerprint density at radius 1 is 1.31 bits per heavy atom. The number of nitrogens with one attached hydrogen (secondary N) is 2. The molecule has 0 aliphatic carbocycles. The lowest BCUT2D eigenvalue weighted by molar-refractivity contribution is 0.362. The largest absolute Gasteiger partial charge is 0.314 e. The molecular weight excluding hydrogens is 232 g/mol. The highest BCUT2D eigenvalue weighted by atomic mass is 32.2. The van der Waals surface area contributed by atoms with Crippen LogP contribution in [0.4, 0.5) is 5.95 Å². The van der Waals surface area contributed by atoms with E-state index in [1.165, 1.54) is 16.7 Å². The number of anilines is 1. The third-order valence-corrected chi connectivity index (χ3v) is 3.60. The molecule has 0 bridgehead atoms. The van der Waals surface area contributed by atoms with Gasteiger partial charge in [-0.2, -0.15) is 17.8 Å². The van der Waals surface area contributed by atoms with Crippen molar-refractivity contribution in [3.63, 3.8) is 0 Å². The van der Waals surface area contributed by atoms with Gasteiger partial charge in [0, 0.05) is 26.2 Å². The van der Waals surface area contributed by atoms with Crippen molar-refractivity contribution in [1.29, 1.82) is 0 Å². The molecule has 8 nitrogen and oxygen atoms in total. The normalized spacial score (nSPS) is 18.2. The molecule has 0 aromatic carbocycles. The minimum Gasteiger partial charge on any atom is -0.314 e. The van der Waals surface area contributed by atoms with E-state index in [9.17, 15) is 8.42 Å².